The van der Waals surface area contributed by atoms with E-state index in [4.69, 9.17) is 9.15 Å². The lowest BCUT2D eigenvalue weighted by Crippen LogP contribution is -2.14. The van der Waals surface area contributed by atoms with Gasteiger partial charge in [0.1, 0.15) is 5.75 Å². The van der Waals surface area contributed by atoms with Crippen LogP contribution in [0.3, 0.4) is 0 Å². The van der Waals surface area contributed by atoms with E-state index in [-0.39, 0.29) is 17.7 Å². The van der Waals surface area contributed by atoms with Gasteiger partial charge in [-0.15, -0.1) is 16.9 Å². The number of aromatic nitrogens is 3. The van der Waals surface area contributed by atoms with Crippen LogP contribution in [0, 0.1) is 0 Å². The van der Waals surface area contributed by atoms with Gasteiger partial charge in [-0.3, -0.25) is 15.1 Å². The molecule has 0 aliphatic rings. The number of rotatable bonds is 6. The first-order valence-corrected chi connectivity index (χ1v) is 8.04. The van der Waals surface area contributed by atoms with E-state index in [0.717, 1.165) is 10.6 Å². The highest BCUT2D eigenvalue weighted by molar-refractivity contribution is 8.00. The molecule has 0 spiro atoms. The van der Waals surface area contributed by atoms with Crippen molar-refractivity contribution in [3.05, 3.63) is 48.8 Å². The summed E-state index contributed by atoms with van der Waals surface area (Å²) in [5, 5.41) is 10.3. The smallest absolute Gasteiger partial charge is 0.322 e. The average molecular weight is 342 g/mol. The van der Waals surface area contributed by atoms with Crippen LogP contribution in [0.4, 0.5) is 6.01 Å². The molecular weight excluding hydrogens is 328 g/mol. The predicted molar refractivity (Wildman–Crippen MR) is 89.9 cm³/mol. The van der Waals surface area contributed by atoms with Gasteiger partial charge in [-0.2, -0.15) is 0 Å². The Morgan fingerprint density at radius 2 is 2.08 bits per heavy atom. The molecule has 122 valence electrons. The molecule has 0 unspecified atom stereocenters. The molecular formula is C16H14N4O3S. The molecule has 0 atom stereocenters. The van der Waals surface area contributed by atoms with Gasteiger partial charge in [0.05, 0.1) is 18.4 Å². The van der Waals surface area contributed by atoms with Gasteiger partial charge in [0, 0.05) is 17.3 Å². The molecule has 2 aromatic heterocycles. The zero-order valence-electron chi connectivity index (χ0n) is 12.8. The molecule has 7 nitrogen and oxygen atoms in total. The van der Waals surface area contributed by atoms with Crippen molar-refractivity contribution in [2.45, 2.75) is 4.90 Å². The molecule has 1 aromatic carbocycles. The van der Waals surface area contributed by atoms with Crippen LogP contribution < -0.4 is 10.1 Å². The van der Waals surface area contributed by atoms with Crippen LogP contribution in [0.15, 0.2) is 58.1 Å². The number of carbonyl (C=O) groups excluding carboxylic acids is 1. The lowest BCUT2D eigenvalue weighted by molar-refractivity contribution is -0.113. The molecule has 1 N–H and O–H groups in total. The van der Waals surface area contributed by atoms with E-state index in [2.05, 4.69) is 20.5 Å². The molecule has 2 heterocycles. The highest BCUT2D eigenvalue weighted by atomic mass is 32.2. The van der Waals surface area contributed by atoms with Crippen molar-refractivity contribution >= 4 is 23.7 Å². The molecule has 0 aliphatic heterocycles. The Kier molecular flexibility index (Phi) is 5.07. The van der Waals surface area contributed by atoms with Gasteiger partial charge in [-0.25, -0.2) is 0 Å². The van der Waals surface area contributed by atoms with Crippen molar-refractivity contribution in [1.29, 1.82) is 0 Å². The SMILES string of the molecule is COc1ccc(SCC(=O)Nc2nnc(-c3cccnc3)o2)cc1. The summed E-state index contributed by atoms with van der Waals surface area (Å²) in [7, 11) is 1.61. The number of pyridine rings is 1. The summed E-state index contributed by atoms with van der Waals surface area (Å²) in [6, 6.07) is 11.1. The first-order valence-electron chi connectivity index (χ1n) is 7.05. The molecule has 0 fully saturated rings. The molecule has 0 saturated carbocycles. The minimum Gasteiger partial charge on any atom is -0.497 e. The molecule has 0 aliphatic carbocycles. The van der Waals surface area contributed by atoms with Crippen LogP contribution in [-0.4, -0.2) is 34.0 Å². The summed E-state index contributed by atoms with van der Waals surface area (Å²) in [6.07, 6.45) is 3.26. The maximum atomic E-state index is 12.0. The van der Waals surface area contributed by atoms with Crippen LogP contribution in [0.5, 0.6) is 5.75 Å². The molecule has 0 bridgehead atoms. The highest BCUT2D eigenvalue weighted by Crippen LogP contribution is 2.22. The second-order valence-electron chi connectivity index (χ2n) is 4.67. The Balaban J connectivity index is 1.54. The van der Waals surface area contributed by atoms with Gasteiger partial charge in [0.2, 0.25) is 5.91 Å². The number of benzene rings is 1. The van der Waals surface area contributed by atoms with E-state index in [0.29, 0.717) is 11.5 Å². The fourth-order valence-corrected chi connectivity index (χ4v) is 2.55. The minimum atomic E-state index is -0.225. The number of hydrogen-bond donors (Lipinski definition) is 1. The predicted octanol–water partition coefficient (Wildman–Crippen LogP) is 2.87. The van der Waals surface area contributed by atoms with Crippen LogP contribution in [-0.2, 0) is 4.79 Å². The number of hydrogen-bond acceptors (Lipinski definition) is 7. The summed E-state index contributed by atoms with van der Waals surface area (Å²) in [5.74, 6) is 1.09. The first-order chi connectivity index (χ1) is 11.7. The lowest BCUT2D eigenvalue weighted by Gasteiger charge is -2.03. The van der Waals surface area contributed by atoms with Gasteiger partial charge in [-0.1, -0.05) is 5.10 Å². The third-order valence-corrected chi connectivity index (χ3v) is 4.02. The van der Waals surface area contributed by atoms with Crippen LogP contribution in [0.25, 0.3) is 11.5 Å². The zero-order valence-corrected chi connectivity index (χ0v) is 13.6. The average Bonchev–Trinajstić information content (AvgIpc) is 3.09. The number of nitrogens with one attached hydrogen (secondary N) is 1. The van der Waals surface area contributed by atoms with Gasteiger partial charge < -0.3 is 9.15 Å². The Morgan fingerprint density at radius 3 is 2.79 bits per heavy atom. The second-order valence-corrected chi connectivity index (χ2v) is 5.72. The molecule has 8 heteroatoms. The summed E-state index contributed by atoms with van der Waals surface area (Å²) in [6.45, 7) is 0. The van der Waals surface area contributed by atoms with E-state index in [1.165, 1.54) is 11.8 Å². The normalized spacial score (nSPS) is 10.4. The second kappa shape index (κ2) is 7.60. The highest BCUT2D eigenvalue weighted by Gasteiger charge is 2.11. The van der Waals surface area contributed by atoms with E-state index < -0.39 is 0 Å². The maximum Gasteiger partial charge on any atom is 0.322 e. The molecule has 3 aromatic rings. The Hall–Kier alpha value is -2.87. The van der Waals surface area contributed by atoms with E-state index in [1.54, 1.807) is 31.6 Å². The van der Waals surface area contributed by atoms with E-state index >= 15 is 0 Å². The van der Waals surface area contributed by atoms with Crippen LogP contribution in [0.1, 0.15) is 0 Å². The van der Waals surface area contributed by atoms with Gasteiger partial charge >= 0.3 is 6.01 Å². The first kappa shape index (κ1) is 16.0. The molecule has 0 saturated heterocycles. The quantitative estimate of drug-likeness (QED) is 0.689. The third kappa shape index (κ3) is 4.11. The summed E-state index contributed by atoms with van der Waals surface area (Å²) < 4.78 is 10.5. The summed E-state index contributed by atoms with van der Waals surface area (Å²) in [5.41, 5.74) is 0.693. The van der Waals surface area contributed by atoms with Gasteiger partial charge in [0.25, 0.3) is 5.89 Å². The third-order valence-electron chi connectivity index (χ3n) is 3.01. The number of nitrogens with zero attached hydrogens (tertiary/aromatic N) is 3. The van der Waals surface area contributed by atoms with Crippen molar-refractivity contribution in [1.82, 2.24) is 15.2 Å². The maximum absolute atomic E-state index is 12.0. The number of carbonyl (C=O) groups is 1. The van der Waals surface area contributed by atoms with Crippen molar-refractivity contribution in [2.24, 2.45) is 0 Å². The Labute approximate surface area is 142 Å². The Bertz CT molecular complexity index is 806. The number of amides is 1. The largest absolute Gasteiger partial charge is 0.497 e. The number of ether oxygens (including phenoxy) is 1. The van der Waals surface area contributed by atoms with Gasteiger partial charge in [-0.05, 0) is 36.4 Å². The van der Waals surface area contributed by atoms with Crippen LogP contribution in [0.2, 0.25) is 0 Å². The topological polar surface area (TPSA) is 90.1 Å². The van der Waals surface area contributed by atoms with Crippen molar-refractivity contribution in [2.75, 3.05) is 18.2 Å². The van der Waals surface area contributed by atoms with E-state index in [1.807, 2.05) is 24.3 Å². The lowest BCUT2D eigenvalue weighted by atomic mass is 10.3. The Morgan fingerprint density at radius 1 is 1.25 bits per heavy atom. The summed E-state index contributed by atoms with van der Waals surface area (Å²) >= 11 is 1.40. The fourth-order valence-electron chi connectivity index (χ4n) is 1.86. The molecule has 3 rings (SSSR count). The van der Waals surface area contributed by atoms with Gasteiger partial charge in [0.15, 0.2) is 0 Å². The standard InChI is InChI=1S/C16H14N4O3S/c1-22-12-4-6-13(7-5-12)24-10-14(21)18-16-20-19-15(23-16)11-3-2-8-17-9-11/h2-9H,10H2,1H3,(H,18,20,21). The monoisotopic (exact) mass is 342 g/mol. The van der Waals surface area contributed by atoms with Crippen LogP contribution >= 0.6 is 11.8 Å². The van der Waals surface area contributed by atoms with Crippen molar-refractivity contribution < 1.29 is 13.9 Å². The minimum absolute atomic E-state index is 0.0641. The number of anilines is 1. The van der Waals surface area contributed by atoms with Crippen molar-refractivity contribution in [3.63, 3.8) is 0 Å². The number of thioether (sulfide) groups is 1. The fraction of sp³-hybridized carbons (Fsp3) is 0.125. The molecule has 24 heavy (non-hydrogen) atoms. The summed E-state index contributed by atoms with van der Waals surface area (Å²) in [4.78, 5) is 16.9. The van der Waals surface area contributed by atoms with E-state index in [9.17, 15) is 4.79 Å². The van der Waals surface area contributed by atoms with Crippen molar-refractivity contribution in [3.8, 4) is 17.2 Å². The number of methoxy groups -OCH3 is 1. The molecule has 1 amide bonds. The molecule has 0 radical (unpaired) electrons. The zero-order chi connectivity index (χ0) is 16.8.